The Balaban J connectivity index is 2.17. The van der Waals surface area contributed by atoms with Crippen LogP contribution in [0.15, 0.2) is 18.2 Å². The fraction of sp³-hybridized carbons (Fsp3) is 0.500. The van der Waals surface area contributed by atoms with E-state index in [1.165, 1.54) is 0 Å². The minimum Gasteiger partial charge on any atom is -0.386 e. The number of benzene rings is 1. The lowest BCUT2D eigenvalue weighted by Gasteiger charge is -2.46. The first-order valence-corrected chi connectivity index (χ1v) is 6.05. The Bertz CT molecular complexity index is 427. The molecule has 1 aliphatic rings. The van der Waals surface area contributed by atoms with Gasteiger partial charge in [0.05, 0.1) is 18.7 Å². The quantitative estimate of drug-likeness (QED) is 0.847. The molecule has 3 heteroatoms. The summed E-state index contributed by atoms with van der Waals surface area (Å²) in [5, 5.41) is 9.93. The van der Waals surface area contributed by atoms with Gasteiger partial charge in [0.25, 0.3) is 5.91 Å². The van der Waals surface area contributed by atoms with E-state index < -0.39 is 5.60 Å². The predicted octanol–water partition coefficient (Wildman–Crippen LogP) is 1.90. The van der Waals surface area contributed by atoms with E-state index in [2.05, 4.69) is 0 Å². The molecule has 0 aliphatic carbocycles. The Morgan fingerprint density at radius 3 is 2.35 bits per heavy atom. The van der Waals surface area contributed by atoms with Crippen molar-refractivity contribution in [2.75, 3.05) is 13.1 Å². The fourth-order valence-corrected chi connectivity index (χ4v) is 2.34. The molecule has 0 bridgehead atoms. The maximum absolute atomic E-state index is 12.3. The molecular weight excluding hydrogens is 214 g/mol. The molecule has 1 fully saturated rings. The SMILES string of the molecule is CCC1(O)CN(C(=O)c2c(C)cccc2C)C1. The van der Waals surface area contributed by atoms with Gasteiger partial charge in [-0.25, -0.2) is 0 Å². The van der Waals surface area contributed by atoms with Crippen LogP contribution in [0.25, 0.3) is 0 Å². The molecule has 92 valence electrons. The van der Waals surface area contributed by atoms with Crippen LogP contribution in [0.2, 0.25) is 0 Å². The highest BCUT2D eigenvalue weighted by Gasteiger charge is 2.42. The van der Waals surface area contributed by atoms with E-state index in [1.54, 1.807) is 4.90 Å². The van der Waals surface area contributed by atoms with Crippen molar-refractivity contribution in [3.8, 4) is 0 Å². The van der Waals surface area contributed by atoms with E-state index in [9.17, 15) is 9.90 Å². The first kappa shape index (κ1) is 12.1. The van der Waals surface area contributed by atoms with E-state index in [0.29, 0.717) is 19.5 Å². The van der Waals surface area contributed by atoms with Crippen molar-refractivity contribution in [3.63, 3.8) is 0 Å². The van der Waals surface area contributed by atoms with Crippen molar-refractivity contribution >= 4 is 5.91 Å². The molecule has 3 nitrogen and oxygen atoms in total. The second kappa shape index (κ2) is 4.15. The smallest absolute Gasteiger partial charge is 0.254 e. The molecule has 1 N–H and O–H groups in total. The highest BCUT2D eigenvalue weighted by atomic mass is 16.3. The molecule has 1 aromatic carbocycles. The van der Waals surface area contributed by atoms with Crippen LogP contribution in [0.4, 0.5) is 0 Å². The lowest BCUT2D eigenvalue weighted by Crippen LogP contribution is -2.63. The zero-order chi connectivity index (χ0) is 12.6. The zero-order valence-electron chi connectivity index (χ0n) is 10.7. The number of nitrogens with zero attached hydrogens (tertiary/aromatic N) is 1. The third-order valence-electron chi connectivity index (χ3n) is 3.61. The second-order valence-electron chi connectivity index (χ2n) is 5.01. The van der Waals surface area contributed by atoms with Gasteiger partial charge in [-0.15, -0.1) is 0 Å². The van der Waals surface area contributed by atoms with E-state index in [-0.39, 0.29) is 5.91 Å². The number of hydrogen-bond donors (Lipinski definition) is 1. The van der Waals surface area contributed by atoms with Crippen LogP contribution in [0.3, 0.4) is 0 Å². The topological polar surface area (TPSA) is 40.5 Å². The number of likely N-dealkylation sites (tertiary alicyclic amines) is 1. The summed E-state index contributed by atoms with van der Waals surface area (Å²) in [6.45, 7) is 6.76. The van der Waals surface area contributed by atoms with Gasteiger partial charge in [0, 0.05) is 5.56 Å². The lowest BCUT2D eigenvalue weighted by atomic mass is 9.89. The number of amides is 1. The number of aryl methyl sites for hydroxylation is 2. The third-order valence-corrected chi connectivity index (χ3v) is 3.61. The molecule has 2 rings (SSSR count). The number of aliphatic hydroxyl groups is 1. The summed E-state index contributed by atoms with van der Waals surface area (Å²) in [7, 11) is 0. The molecule has 0 aromatic heterocycles. The van der Waals surface area contributed by atoms with Crippen molar-refractivity contribution in [1.29, 1.82) is 0 Å². The summed E-state index contributed by atoms with van der Waals surface area (Å²) in [4.78, 5) is 14.0. The van der Waals surface area contributed by atoms with Gasteiger partial charge in [0.15, 0.2) is 0 Å². The predicted molar refractivity (Wildman–Crippen MR) is 67.1 cm³/mol. The van der Waals surface area contributed by atoms with Crippen molar-refractivity contribution in [1.82, 2.24) is 4.90 Å². The minimum absolute atomic E-state index is 0.0405. The van der Waals surface area contributed by atoms with Crippen LogP contribution in [0.5, 0.6) is 0 Å². The number of β-amino-alcohol motifs (C(OH)–C–C–N with tert-alkyl or cyclic N) is 1. The van der Waals surface area contributed by atoms with Crippen LogP contribution in [-0.2, 0) is 0 Å². The van der Waals surface area contributed by atoms with Crippen LogP contribution in [-0.4, -0.2) is 34.6 Å². The summed E-state index contributed by atoms with van der Waals surface area (Å²) < 4.78 is 0. The molecule has 17 heavy (non-hydrogen) atoms. The molecule has 1 heterocycles. The summed E-state index contributed by atoms with van der Waals surface area (Å²) in [6.07, 6.45) is 0.698. The normalized spacial score (nSPS) is 17.8. The molecule has 0 radical (unpaired) electrons. The van der Waals surface area contributed by atoms with Gasteiger partial charge in [-0.2, -0.15) is 0 Å². The van der Waals surface area contributed by atoms with E-state index in [4.69, 9.17) is 0 Å². The standard InChI is InChI=1S/C14H19NO2/c1-4-14(17)8-15(9-14)13(16)12-10(2)6-5-7-11(12)3/h5-7,17H,4,8-9H2,1-3H3. The minimum atomic E-state index is -0.660. The average molecular weight is 233 g/mol. The molecule has 1 saturated heterocycles. The summed E-state index contributed by atoms with van der Waals surface area (Å²) in [6, 6.07) is 5.86. The van der Waals surface area contributed by atoms with Crippen molar-refractivity contribution in [3.05, 3.63) is 34.9 Å². The number of rotatable bonds is 2. The summed E-state index contributed by atoms with van der Waals surface area (Å²) in [5.41, 5.74) is 2.13. The van der Waals surface area contributed by atoms with Gasteiger partial charge in [0.2, 0.25) is 0 Å². The summed E-state index contributed by atoms with van der Waals surface area (Å²) >= 11 is 0. The Hall–Kier alpha value is -1.35. The molecular formula is C14H19NO2. The van der Waals surface area contributed by atoms with Crippen molar-refractivity contribution in [2.45, 2.75) is 32.8 Å². The van der Waals surface area contributed by atoms with Gasteiger partial charge in [0.1, 0.15) is 0 Å². The van der Waals surface area contributed by atoms with Crippen LogP contribution >= 0.6 is 0 Å². The highest BCUT2D eigenvalue weighted by molar-refractivity contribution is 5.97. The Morgan fingerprint density at radius 2 is 1.88 bits per heavy atom. The van der Waals surface area contributed by atoms with Gasteiger partial charge in [-0.1, -0.05) is 25.1 Å². The number of hydrogen-bond acceptors (Lipinski definition) is 2. The Kier molecular flexibility index (Phi) is 2.96. The molecule has 0 unspecified atom stereocenters. The van der Waals surface area contributed by atoms with E-state index in [0.717, 1.165) is 16.7 Å². The maximum atomic E-state index is 12.3. The van der Waals surface area contributed by atoms with Crippen LogP contribution in [0.1, 0.15) is 34.8 Å². The monoisotopic (exact) mass is 233 g/mol. The molecule has 1 aliphatic heterocycles. The van der Waals surface area contributed by atoms with Crippen molar-refractivity contribution < 1.29 is 9.90 Å². The van der Waals surface area contributed by atoms with Crippen molar-refractivity contribution in [2.24, 2.45) is 0 Å². The highest BCUT2D eigenvalue weighted by Crippen LogP contribution is 2.27. The number of carbonyl (C=O) groups excluding carboxylic acids is 1. The van der Waals surface area contributed by atoms with Gasteiger partial charge >= 0.3 is 0 Å². The fourth-order valence-electron chi connectivity index (χ4n) is 2.34. The maximum Gasteiger partial charge on any atom is 0.254 e. The Labute approximate surface area is 102 Å². The van der Waals surface area contributed by atoms with Gasteiger partial charge in [-0.05, 0) is 31.4 Å². The Morgan fingerprint density at radius 1 is 1.35 bits per heavy atom. The second-order valence-corrected chi connectivity index (χ2v) is 5.01. The zero-order valence-corrected chi connectivity index (χ0v) is 10.7. The average Bonchev–Trinajstić information content (AvgIpc) is 2.24. The molecule has 0 atom stereocenters. The van der Waals surface area contributed by atoms with Gasteiger partial charge < -0.3 is 10.0 Å². The third kappa shape index (κ3) is 2.07. The molecule has 1 aromatic rings. The van der Waals surface area contributed by atoms with Crippen LogP contribution < -0.4 is 0 Å². The van der Waals surface area contributed by atoms with E-state index in [1.807, 2.05) is 39.0 Å². The van der Waals surface area contributed by atoms with Crippen LogP contribution in [0, 0.1) is 13.8 Å². The largest absolute Gasteiger partial charge is 0.386 e. The van der Waals surface area contributed by atoms with Gasteiger partial charge in [-0.3, -0.25) is 4.79 Å². The first-order chi connectivity index (χ1) is 7.97. The lowest BCUT2D eigenvalue weighted by molar-refractivity contribution is -0.0827. The summed E-state index contributed by atoms with van der Waals surface area (Å²) in [5.74, 6) is 0.0405. The van der Waals surface area contributed by atoms with E-state index >= 15 is 0 Å². The molecule has 0 saturated carbocycles. The molecule has 1 amide bonds. The number of carbonyl (C=O) groups is 1. The molecule has 0 spiro atoms. The first-order valence-electron chi connectivity index (χ1n) is 6.05.